The Hall–Kier alpha value is -3.67. The number of nitrogens with zero attached hydrogens (tertiary/aromatic N) is 1. The van der Waals surface area contributed by atoms with Crippen LogP contribution < -0.4 is 4.74 Å². The van der Waals surface area contributed by atoms with E-state index in [-0.39, 0.29) is 37.1 Å². The fourth-order valence-corrected chi connectivity index (χ4v) is 8.44. The number of thiophene rings is 1. The van der Waals surface area contributed by atoms with E-state index in [0.29, 0.717) is 60.9 Å². The molecule has 1 aromatic heterocycles. The van der Waals surface area contributed by atoms with Crippen LogP contribution in [0.1, 0.15) is 102 Å². The maximum atomic E-state index is 14.2. The zero-order chi connectivity index (χ0) is 36.3. The molecule has 270 valence electrons. The van der Waals surface area contributed by atoms with Gasteiger partial charge < -0.3 is 24.6 Å². The monoisotopic (exact) mass is 713 g/mol. The number of hydrogen-bond acceptors (Lipinski definition) is 7. The molecule has 0 spiro atoms. The van der Waals surface area contributed by atoms with Crippen molar-refractivity contribution in [3.8, 4) is 5.75 Å². The first-order chi connectivity index (χ1) is 23.6. The summed E-state index contributed by atoms with van der Waals surface area (Å²) in [6, 6.07) is 14.9. The highest BCUT2D eigenvalue weighted by Gasteiger charge is 2.57. The molecule has 7 nitrogen and oxygen atoms in total. The van der Waals surface area contributed by atoms with Gasteiger partial charge >= 0.3 is 12.5 Å². The van der Waals surface area contributed by atoms with Crippen LogP contribution in [-0.4, -0.2) is 58.2 Å². The van der Waals surface area contributed by atoms with Crippen LogP contribution in [0, 0.1) is 12.3 Å². The average molecular weight is 714 g/mol. The molecule has 1 heterocycles. The molecule has 0 aliphatic heterocycles. The third-order valence-corrected chi connectivity index (χ3v) is 11.4. The standard InChI is InChI=1S/C39H46F3NO6S/c1-5-48-36(46)43(23-27-10-14-30(15-11-27)49-39(40,41)42)24-38(47)20-18-33-31-16-12-28(22-32(31)35(45)34-17-9-26(3)50-34)21-29(44)13-8-25(2)7-6-19-37(33,38)4/h7,9-12,14-17,22,29,33,44,47H,5-6,8,13,18-21,23-24H2,1-4H3. The summed E-state index contributed by atoms with van der Waals surface area (Å²) in [6.45, 7) is 7.73. The Bertz CT molecular complexity index is 1700. The molecule has 1 fully saturated rings. The summed E-state index contributed by atoms with van der Waals surface area (Å²) in [5.41, 5.74) is 1.74. The van der Waals surface area contributed by atoms with Crippen LogP contribution in [0.3, 0.4) is 0 Å². The second kappa shape index (κ2) is 15.3. The molecule has 11 heteroatoms. The Morgan fingerprint density at radius 1 is 1.04 bits per heavy atom. The molecule has 0 saturated heterocycles. The second-order valence-electron chi connectivity index (χ2n) is 13.9. The molecule has 3 aliphatic carbocycles. The van der Waals surface area contributed by atoms with Gasteiger partial charge in [-0.05, 0) is 119 Å². The number of halogens is 3. The molecule has 4 atom stereocenters. The van der Waals surface area contributed by atoms with Crippen LogP contribution in [0.4, 0.5) is 18.0 Å². The fraction of sp³-hybridized carbons (Fsp3) is 0.487. The van der Waals surface area contributed by atoms with Gasteiger partial charge in [-0.2, -0.15) is 0 Å². The first-order valence-corrected chi connectivity index (χ1v) is 18.0. The lowest BCUT2D eigenvalue weighted by molar-refractivity contribution is -0.274. The topological polar surface area (TPSA) is 96.3 Å². The summed E-state index contributed by atoms with van der Waals surface area (Å²) in [5, 5.41) is 23.6. The van der Waals surface area contributed by atoms with Crippen molar-refractivity contribution < 1.29 is 42.4 Å². The molecular formula is C39H46F3NO6S. The van der Waals surface area contributed by atoms with Gasteiger partial charge in [0, 0.05) is 22.4 Å². The van der Waals surface area contributed by atoms with E-state index in [9.17, 15) is 33.0 Å². The molecule has 1 amide bonds. The third kappa shape index (κ3) is 8.61. The quantitative estimate of drug-likeness (QED) is 0.179. The van der Waals surface area contributed by atoms with Gasteiger partial charge in [-0.3, -0.25) is 4.79 Å². The summed E-state index contributed by atoms with van der Waals surface area (Å²) in [5.74, 6) is -0.715. The lowest BCUT2D eigenvalue weighted by atomic mass is 9.64. The highest BCUT2D eigenvalue weighted by atomic mass is 32.1. The molecule has 50 heavy (non-hydrogen) atoms. The van der Waals surface area contributed by atoms with Crippen LogP contribution in [0.15, 0.2) is 66.2 Å². The summed E-state index contributed by atoms with van der Waals surface area (Å²) >= 11 is 1.43. The smallest absolute Gasteiger partial charge is 0.450 e. The van der Waals surface area contributed by atoms with Gasteiger partial charge in [-0.1, -0.05) is 42.8 Å². The van der Waals surface area contributed by atoms with Gasteiger partial charge in [-0.25, -0.2) is 4.79 Å². The number of aryl methyl sites for hydroxylation is 1. The van der Waals surface area contributed by atoms with Gasteiger partial charge in [0.1, 0.15) is 5.75 Å². The van der Waals surface area contributed by atoms with Crippen molar-refractivity contribution in [3.63, 3.8) is 0 Å². The maximum absolute atomic E-state index is 14.2. The zero-order valence-corrected chi connectivity index (χ0v) is 29.8. The van der Waals surface area contributed by atoms with E-state index in [1.807, 2.05) is 51.1 Å². The fourth-order valence-electron chi connectivity index (χ4n) is 7.62. The van der Waals surface area contributed by atoms with Gasteiger partial charge in [0.15, 0.2) is 0 Å². The summed E-state index contributed by atoms with van der Waals surface area (Å²) in [7, 11) is 0. The van der Waals surface area contributed by atoms with Crippen LogP contribution in [0.2, 0.25) is 0 Å². The predicted molar refractivity (Wildman–Crippen MR) is 186 cm³/mol. The number of ether oxygens (including phenoxy) is 2. The molecule has 0 radical (unpaired) electrons. The molecule has 3 aromatic rings. The number of aliphatic hydroxyl groups excluding tert-OH is 1. The SMILES string of the molecule is CCOC(=O)N(Cc1ccc(OC(F)(F)F)cc1)CC1(O)CCC2c3ccc(cc3C(=O)c3ccc(C)s3)CC(O)CCC(C)=CCCC21C. The van der Waals surface area contributed by atoms with E-state index >= 15 is 0 Å². The zero-order valence-electron chi connectivity index (χ0n) is 29.0. The van der Waals surface area contributed by atoms with Crippen molar-refractivity contribution in [2.24, 2.45) is 5.41 Å². The summed E-state index contributed by atoms with van der Waals surface area (Å²) in [4.78, 5) is 30.6. The van der Waals surface area contributed by atoms with E-state index in [1.165, 1.54) is 40.5 Å². The van der Waals surface area contributed by atoms with Crippen molar-refractivity contribution in [1.29, 1.82) is 0 Å². The Balaban J connectivity index is 1.54. The van der Waals surface area contributed by atoms with Crippen molar-refractivity contribution >= 4 is 23.2 Å². The Morgan fingerprint density at radius 2 is 1.78 bits per heavy atom. The third-order valence-electron chi connectivity index (χ3n) is 10.4. The number of aliphatic hydroxyl groups is 2. The summed E-state index contributed by atoms with van der Waals surface area (Å²) in [6.07, 6.45) is -0.0630. The van der Waals surface area contributed by atoms with E-state index in [2.05, 4.69) is 10.8 Å². The minimum Gasteiger partial charge on any atom is -0.450 e. The van der Waals surface area contributed by atoms with E-state index in [0.717, 1.165) is 21.6 Å². The average Bonchev–Trinajstić information content (AvgIpc) is 3.59. The summed E-state index contributed by atoms with van der Waals surface area (Å²) < 4.78 is 47.7. The molecular weight excluding hydrogens is 667 g/mol. The molecule has 3 aliphatic rings. The van der Waals surface area contributed by atoms with Crippen LogP contribution in [-0.2, 0) is 17.7 Å². The molecule has 1 saturated carbocycles. The highest BCUT2D eigenvalue weighted by Crippen LogP contribution is 2.59. The number of carbonyl (C=O) groups is 2. The minimum atomic E-state index is -4.83. The number of allylic oxidation sites excluding steroid dienone is 2. The van der Waals surface area contributed by atoms with Gasteiger partial charge in [0.2, 0.25) is 5.78 Å². The molecule has 2 N–H and O–H groups in total. The van der Waals surface area contributed by atoms with Crippen molar-refractivity contribution in [3.05, 3.63) is 98.3 Å². The number of amides is 1. The number of hydrogen-bond donors (Lipinski definition) is 2. The first kappa shape index (κ1) is 37.6. The number of fused-ring (bicyclic) bond motifs is 8. The van der Waals surface area contributed by atoms with Gasteiger partial charge in [-0.15, -0.1) is 24.5 Å². The van der Waals surface area contributed by atoms with Crippen LogP contribution >= 0.6 is 11.3 Å². The van der Waals surface area contributed by atoms with Gasteiger partial charge in [0.25, 0.3) is 0 Å². The van der Waals surface area contributed by atoms with Crippen molar-refractivity contribution in [2.45, 2.75) is 103 Å². The molecule has 2 bridgehead atoms. The number of carbonyl (C=O) groups excluding carboxylic acids is 2. The predicted octanol–water partition coefficient (Wildman–Crippen LogP) is 8.88. The normalized spacial score (nSPS) is 24.2. The van der Waals surface area contributed by atoms with Crippen LogP contribution in [0.25, 0.3) is 0 Å². The van der Waals surface area contributed by atoms with Crippen LogP contribution in [0.5, 0.6) is 5.75 Å². The Kier molecular flexibility index (Phi) is 11.5. The van der Waals surface area contributed by atoms with Crippen molar-refractivity contribution in [2.75, 3.05) is 13.2 Å². The maximum Gasteiger partial charge on any atom is 0.573 e. The highest BCUT2D eigenvalue weighted by molar-refractivity contribution is 7.14. The van der Waals surface area contributed by atoms with E-state index in [1.54, 1.807) is 6.92 Å². The first-order valence-electron chi connectivity index (χ1n) is 17.2. The van der Waals surface area contributed by atoms with Crippen molar-refractivity contribution in [1.82, 2.24) is 4.90 Å². The lowest BCUT2D eigenvalue weighted by Crippen LogP contribution is -2.53. The Morgan fingerprint density at radius 3 is 2.44 bits per heavy atom. The lowest BCUT2D eigenvalue weighted by Gasteiger charge is -2.46. The number of benzene rings is 2. The van der Waals surface area contributed by atoms with Gasteiger partial charge in [0.05, 0.1) is 29.7 Å². The number of alkyl halides is 3. The second-order valence-corrected chi connectivity index (χ2v) is 15.2. The molecule has 2 aromatic carbocycles. The van der Waals surface area contributed by atoms with E-state index in [4.69, 9.17) is 4.74 Å². The molecule has 4 unspecified atom stereocenters. The Labute approximate surface area is 295 Å². The minimum absolute atomic E-state index is 0.00825. The number of rotatable bonds is 8. The largest absolute Gasteiger partial charge is 0.573 e. The van der Waals surface area contributed by atoms with E-state index < -0.39 is 29.6 Å². The number of ketones is 1. The molecule has 6 rings (SSSR count).